The Morgan fingerprint density at radius 1 is 1.39 bits per heavy atom. The summed E-state index contributed by atoms with van der Waals surface area (Å²) in [4.78, 5) is 21.5. The number of hydrogen-bond acceptors (Lipinski definition) is 7. The van der Waals surface area contributed by atoms with Crippen molar-refractivity contribution < 1.29 is 34.0 Å². The molecule has 0 radical (unpaired) electrons. The highest BCUT2D eigenvalue weighted by atomic mass is 16.6. The van der Waals surface area contributed by atoms with E-state index < -0.39 is 35.9 Å². The number of carbonyl (C=O) groups excluding carboxylic acids is 2. The minimum absolute atomic E-state index is 0.0666. The molecule has 18 heavy (non-hydrogen) atoms. The molecule has 0 aromatic carbocycles. The molecule has 0 aromatic rings. The molecule has 1 saturated heterocycles. The zero-order valence-corrected chi connectivity index (χ0v) is 10.6. The van der Waals surface area contributed by atoms with Crippen molar-refractivity contribution in [2.45, 2.75) is 44.7 Å². The van der Waals surface area contributed by atoms with E-state index in [0.29, 0.717) is 0 Å². The van der Waals surface area contributed by atoms with E-state index in [0.717, 1.165) is 0 Å². The smallest absolute Gasteiger partial charge is 0.303 e. The summed E-state index contributed by atoms with van der Waals surface area (Å²) in [5, 5.41) is 20.1. The van der Waals surface area contributed by atoms with E-state index in [1.54, 1.807) is 0 Å². The van der Waals surface area contributed by atoms with Crippen molar-refractivity contribution >= 4 is 11.9 Å². The van der Waals surface area contributed by atoms with Gasteiger partial charge in [0, 0.05) is 13.8 Å². The SMILES string of the molecule is CC(=O)OC[C@H]1OC[C@@H](OC(C)=O)[C@H](O)[C@@]1(C)O. The third kappa shape index (κ3) is 3.41. The number of carbonyl (C=O) groups is 2. The Balaban J connectivity index is 2.67. The second-order valence-corrected chi connectivity index (χ2v) is 4.44. The van der Waals surface area contributed by atoms with Gasteiger partial charge in [-0.1, -0.05) is 0 Å². The van der Waals surface area contributed by atoms with E-state index >= 15 is 0 Å². The maximum atomic E-state index is 10.8. The Morgan fingerprint density at radius 3 is 2.50 bits per heavy atom. The summed E-state index contributed by atoms with van der Waals surface area (Å²) >= 11 is 0. The number of ether oxygens (including phenoxy) is 3. The van der Waals surface area contributed by atoms with Gasteiger partial charge in [0.25, 0.3) is 0 Å². The summed E-state index contributed by atoms with van der Waals surface area (Å²) < 4.78 is 14.8. The van der Waals surface area contributed by atoms with Gasteiger partial charge in [0.2, 0.25) is 0 Å². The molecule has 4 atom stereocenters. The quantitative estimate of drug-likeness (QED) is 0.628. The van der Waals surface area contributed by atoms with Crippen LogP contribution in [0.2, 0.25) is 0 Å². The average molecular weight is 262 g/mol. The van der Waals surface area contributed by atoms with Gasteiger partial charge in [-0.3, -0.25) is 9.59 Å². The fourth-order valence-corrected chi connectivity index (χ4v) is 1.76. The number of esters is 2. The molecular weight excluding hydrogens is 244 g/mol. The van der Waals surface area contributed by atoms with Gasteiger partial charge >= 0.3 is 11.9 Å². The molecule has 0 unspecified atom stereocenters. The monoisotopic (exact) mass is 262 g/mol. The second-order valence-electron chi connectivity index (χ2n) is 4.44. The lowest BCUT2D eigenvalue weighted by Crippen LogP contribution is -2.63. The van der Waals surface area contributed by atoms with Crippen LogP contribution in [0.3, 0.4) is 0 Å². The van der Waals surface area contributed by atoms with E-state index in [2.05, 4.69) is 0 Å². The number of aliphatic hydroxyl groups is 2. The maximum absolute atomic E-state index is 10.8. The largest absolute Gasteiger partial charge is 0.463 e. The van der Waals surface area contributed by atoms with Crippen LogP contribution in [0.4, 0.5) is 0 Å². The van der Waals surface area contributed by atoms with E-state index in [-0.39, 0.29) is 13.2 Å². The standard InChI is InChI=1S/C11H18O7/c1-6(12)16-5-9-11(3,15)10(14)8(4-17-9)18-7(2)13/h8-10,14-15H,4-5H2,1-3H3/t8-,9-,10+,11+/m1/s1. The second kappa shape index (κ2) is 5.64. The summed E-state index contributed by atoms with van der Waals surface area (Å²) in [5.74, 6) is -1.08. The summed E-state index contributed by atoms with van der Waals surface area (Å²) in [6, 6.07) is 0. The molecular formula is C11H18O7. The minimum atomic E-state index is -1.67. The van der Waals surface area contributed by atoms with Crippen molar-refractivity contribution in [3.63, 3.8) is 0 Å². The van der Waals surface area contributed by atoms with Crippen molar-refractivity contribution in [2.75, 3.05) is 13.2 Å². The molecule has 0 aliphatic carbocycles. The lowest BCUT2D eigenvalue weighted by molar-refractivity contribution is -0.249. The highest BCUT2D eigenvalue weighted by Gasteiger charge is 2.49. The highest BCUT2D eigenvalue weighted by Crippen LogP contribution is 2.28. The zero-order chi connectivity index (χ0) is 13.9. The molecule has 1 rings (SSSR count). The number of hydrogen-bond donors (Lipinski definition) is 2. The van der Waals surface area contributed by atoms with Crippen LogP contribution in [0.5, 0.6) is 0 Å². The lowest BCUT2D eigenvalue weighted by Gasteiger charge is -2.43. The predicted octanol–water partition coefficient (Wildman–Crippen LogP) is -1.01. The molecule has 0 amide bonds. The van der Waals surface area contributed by atoms with Crippen LogP contribution >= 0.6 is 0 Å². The number of aliphatic hydroxyl groups excluding tert-OH is 1. The first-order valence-electron chi connectivity index (χ1n) is 5.57. The summed E-state index contributed by atoms with van der Waals surface area (Å²) in [6.07, 6.45) is -3.12. The van der Waals surface area contributed by atoms with Crippen LogP contribution in [-0.2, 0) is 23.8 Å². The van der Waals surface area contributed by atoms with Gasteiger partial charge in [-0.25, -0.2) is 0 Å². The molecule has 1 heterocycles. The Hall–Kier alpha value is -1.18. The first-order valence-corrected chi connectivity index (χ1v) is 5.57. The van der Waals surface area contributed by atoms with Crippen LogP contribution in [0, 0.1) is 0 Å². The van der Waals surface area contributed by atoms with Gasteiger partial charge < -0.3 is 24.4 Å². The molecule has 2 N–H and O–H groups in total. The lowest BCUT2D eigenvalue weighted by atomic mass is 9.87. The first kappa shape index (κ1) is 14.9. The fourth-order valence-electron chi connectivity index (χ4n) is 1.76. The van der Waals surface area contributed by atoms with E-state index in [1.165, 1.54) is 20.8 Å². The molecule has 1 aliphatic heterocycles. The van der Waals surface area contributed by atoms with Gasteiger partial charge in [-0.05, 0) is 6.92 Å². The first-order chi connectivity index (χ1) is 8.25. The van der Waals surface area contributed by atoms with Crippen LogP contribution in [0.1, 0.15) is 20.8 Å². The number of rotatable bonds is 3. The van der Waals surface area contributed by atoms with Crippen LogP contribution < -0.4 is 0 Å². The molecule has 1 aliphatic rings. The maximum Gasteiger partial charge on any atom is 0.303 e. The molecule has 7 heteroatoms. The van der Waals surface area contributed by atoms with Crippen molar-refractivity contribution in [3.8, 4) is 0 Å². The minimum Gasteiger partial charge on any atom is -0.463 e. The van der Waals surface area contributed by atoms with Gasteiger partial charge in [-0.15, -0.1) is 0 Å². The Morgan fingerprint density at radius 2 is 2.00 bits per heavy atom. The van der Waals surface area contributed by atoms with Crippen molar-refractivity contribution in [2.24, 2.45) is 0 Å². The normalized spacial score (nSPS) is 35.9. The summed E-state index contributed by atoms with van der Waals surface area (Å²) in [5.41, 5.74) is -1.67. The fraction of sp³-hybridized carbons (Fsp3) is 0.818. The average Bonchev–Trinajstić information content (AvgIpc) is 2.23. The molecule has 0 spiro atoms. The van der Waals surface area contributed by atoms with Gasteiger partial charge in [0.1, 0.15) is 24.4 Å². The predicted molar refractivity (Wildman–Crippen MR) is 58.6 cm³/mol. The zero-order valence-electron chi connectivity index (χ0n) is 10.6. The third-order valence-electron chi connectivity index (χ3n) is 2.82. The van der Waals surface area contributed by atoms with E-state index in [1.807, 2.05) is 0 Å². The molecule has 7 nitrogen and oxygen atoms in total. The summed E-state index contributed by atoms with van der Waals surface area (Å²) in [6.45, 7) is 3.53. The molecule has 0 aromatic heterocycles. The van der Waals surface area contributed by atoms with Gasteiger partial charge in [0.15, 0.2) is 6.10 Å². The topological polar surface area (TPSA) is 102 Å². The third-order valence-corrected chi connectivity index (χ3v) is 2.82. The van der Waals surface area contributed by atoms with E-state index in [9.17, 15) is 19.8 Å². The molecule has 0 saturated carbocycles. The van der Waals surface area contributed by atoms with Gasteiger partial charge in [0.05, 0.1) is 6.61 Å². The van der Waals surface area contributed by atoms with Crippen LogP contribution in [-0.4, -0.2) is 59.3 Å². The summed E-state index contributed by atoms with van der Waals surface area (Å²) in [7, 11) is 0. The van der Waals surface area contributed by atoms with Crippen LogP contribution in [0.15, 0.2) is 0 Å². The van der Waals surface area contributed by atoms with E-state index in [4.69, 9.17) is 14.2 Å². The Labute approximate surface area is 105 Å². The molecule has 1 fully saturated rings. The molecule has 104 valence electrons. The highest BCUT2D eigenvalue weighted by molar-refractivity contribution is 5.66. The Bertz CT molecular complexity index is 321. The van der Waals surface area contributed by atoms with Crippen LogP contribution in [0.25, 0.3) is 0 Å². The van der Waals surface area contributed by atoms with Crippen molar-refractivity contribution in [1.29, 1.82) is 0 Å². The van der Waals surface area contributed by atoms with Gasteiger partial charge in [-0.2, -0.15) is 0 Å². The molecule has 0 bridgehead atoms. The van der Waals surface area contributed by atoms with Crippen molar-refractivity contribution in [3.05, 3.63) is 0 Å². The van der Waals surface area contributed by atoms with Crippen molar-refractivity contribution in [1.82, 2.24) is 0 Å². The Kier molecular flexibility index (Phi) is 4.66.